The molecule has 0 unspecified atom stereocenters. The number of nitrogens with two attached hydrogens (primary N) is 2. The van der Waals surface area contributed by atoms with Crippen LogP contribution < -0.4 is 11.5 Å². The molecule has 0 aliphatic carbocycles. The van der Waals surface area contributed by atoms with Gasteiger partial charge >= 0.3 is 5.97 Å². The van der Waals surface area contributed by atoms with E-state index in [1.165, 1.54) is 24.4 Å². The van der Waals surface area contributed by atoms with E-state index in [0.717, 1.165) is 4.68 Å². The Labute approximate surface area is 112 Å². The highest BCUT2D eigenvalue weighted by atomic mass is 35.5. The molecule has 1 aromatic heterocycles. The van der Waals surface area contributed by atoms with Crippen molar-refractivity contribution in [2.75, 3.05) is 5.73 Å². The Balaban J connectivity index is 2.61. The maximum atomic E-state index is 11.1. The van der Waals surface area contributed by atoms with Crippen LogP contribution in [0.15, 0.2) is 24.4 Å². The number of carboxylic acid groups (broad SMARTS) is 1. The number of halogens is 1. The summed E-state index contributed by atoms with van der Waals surface area (Å²) < 4.78 is 1.16. The smallest absolute Gasteiger partial charge is 0.335 e. The van der Waals surface area contributed by atoms with Crippen LogP contribution in [0.4, 0.5) is 5.82 Å². The summed E-state index contributed by atoms with van der Waals surface area (Å²) in [6.07, 6.45) is 1.20. The molecule has 2 rings (SSSR count). The topological polar surface area (TPSA) is 124 Å². The van der Waals surface area contributed by atoms with Gasteiger partial charge < -0.3 is 16.6 Å². The first-order valence-corrected chi connectivity index (χ1v) is 5.46. The number of carbonyl (C=O) groups excluding carboxylic acids is 1. The van der Waals surface area contributed by atoms with E-state index < -0.39 is 11.9 Å². The maximum absolute atomic E-state index is 11.1. The third kappa shape index (κ3) is 2.23. The molecule has 0 radical (unpaired) electrons. The number of carbonyl (C=O) groups is 2. The number of nitrogens with zero attached hydrogens (tertiary/aromatic N) is 2. The Hall–Kier alpha value is -2.54. The normalized spacial score (nSPS) is 10.4. The van der Waals surface area contributed by atoms with Crippen molar-refractivity contribution in [1.82, 2.24) is 9.78 Å². The predicted molar refractivity (Wildman–Crippen MR) is 68.5 cm³/mol. The molecule has 0 aliphatic heterocycles. The molecule has 2 aromatic rings. The SMILES string of the molecule is NC(=O)c1cnn(-c2cc(C(=O)O)ccc2Cl)c1N. The summed E-state index contributed by atoms with van der Waals surface area (Å²) in [5, 5.41) is 13.1. The summed E-state index contributed by atoms with van der Waals surface area (Å²) in [4.78, 5) is 22.0. The molecule has 0 bridgehead atoms. The standard InChI is InChI=1S/C11H9ClN4O3/c12-7-2-1-5(11(18)19)3-8(7)16-9(13)6(4-15-16)10(14)17/h1-4H,13H2,(H2,14,17)(H,18,19). The fourth-order valence-electron chi connectivity index (χ4n) is 1.55. The summed E-state index contributed by atoms with van der Waals surface area (Å²) in [7, 11) is 0. The van der Waals surface area contributed by atoms with Crippen molar-refractivity contribution in [2.45, 2.75) is 0 Å². The van der Waals surface area contributed by atoms with E-state index in [0.29, 0.717) is 0 Å². The van der Waals surface area contributed by atoms with Gasteiger partial charge in [0.15, 0.2) is 0 Å². The second-order valence-corrected chi connectivity index (χ2v) is 4.10. The molecule has 1 aromatic carbocycles. The van der Waals surface area contributed by atoms with E-state index in [1.807, 2.05) is 0 Å². The van der Waals surface area contributed by atoms with Crippen LogP contribution in [0.25, 0.3) is 5.69 Å². The van der Waals surface area contributed by atoms with Crippen LogP contribution in [0.1, 0.15) is 20.7 Å². The zero-order chi connectivity index (χ0) is 14.2. The van der Waals surface area contributed by atoms with Crippen molar-refractivity contribution in [3.05, 3.63) is 40.5 Å². The minimum atomic E-state index is -1.11. The van der Waals surface area contributed by atoms with Gasteiger partial charge in [-0.25, -0.2) is 9.48 Å². The molecule has 0 aliphatic rings. The number of primary amides is 1. The number of carboxylic acids is 1. The summed E-state index contributed by atoms with van der Waals surface area (Å²) >= 11 is 5.97. The highest BCUT2D eigenvalue weighted by Crippen LogP contribution is 2.25. The minimum Gasteiger partial charge on any atom is -0.478 e. The summed E-state index contributed by atoms with van der Waals surface area (Å²) in [6.45, 7) is 0. The lowest BCUT2D eigenvalue weighted by Gasteiger charge is -2.07. The van der Waals surface area contributed by atoms with E-state index in [1.54, 1.807) is 0 Å². The Kier molecular flexibility index (Phi) is 3.14. The molecule has 0 atom stereocenters. The number of anilines is 1. The van der Waals surface area contributed by atoms with Crippen molar-refractivity contribution in [3.63, 3.8) is 0 Å². The van der Waals surface area contributed by atoms with Gasteiger partial charge in [0.25, 0.3) is 5.91 Å². The molecule has 98 valence electrons. The first-order valence-electron chi connectivity index (χ1n) is 5.08. The summed E-state index contributed by atoms with van der Waals surface area (Å²) in [6, 6.07) is 4.06. The van der Waals surface area contributed by atoms with E-state index >= 15 is 0 Å². The molecule has 0 spiro atoms. The van der Waals surface area contributed by atoms with Crippen LogP contribution in [0, 0.1) is 0 Å². The Bertz CT molecular complexity index is 681. The van der Waals surface area contributed by atoms with E-state index in [9.17, 15) is 9.59 Å². The van der Waals surface area contributed by atoms with Crippen molar-refractivity contribution in [1.29, 1.82) is 0 Å². The van der Waals surface area contributed by atoms with Crippen LogP contribution in [0.2, 0.25) is 5.02 Å². The quantitative estimate of drug-likeness (QED) is 0.770. The number of rotatable bonds is 3. The second kappa shape index (κ2) is 4.62. The number of nitrogen functional groups attached to an aromatic ring is 1. The lowest BCUT2D eigenvalue weighted by molar-refractivity contribution is 0.0696. The van der Waals surface area contributed by atoms with E-state index in [2.05, 4.69) is 5.10 Å². The second-order valence-electron chi connectivity index (χ2n) is 3.69. The van der Waals surface area contributed by atoms with Crippen LogP contribution in [-0.4, -0.2) is 26.8 Å². The van der Waals surface area contributed by atoms with Crippen molar-refractivity contribution in [2.24, 2.45) is 5.73 Å². The highest BCUT2D eigenvalue weighted by molar-refractivity contribution is 6.32. The van der Waals surface area contributed by atoms with Crippen molar-refractivity contribution >= 4 is 29.3 Å². The molecule has 19 heavy (non-hydrogen) atoms. The zero-order valence-corrected chi connectivity index (χ0v) is 10.3. The predicted octanol–water partition coefficient (Wildman–Crippen LogP) is 0.905. The molecular formula is C11H9ClN4O3. The molecule has 1 amide bonds. The number of hydrogen-bond donors (Lipinski definition) is 3. The highest BCUT2D eigenvalue weighted by Gasteiger charge is 2.16. The van der Waals surface area contributed by atoms with Crippen LogP contribution in [0.3, 0.4) is 0 Å². The van der Waals surface area contributed by atoms with Crippen molar-refractivity contribution in [3.8, 4) is 5.69 Å². The minimum absolute atomic E-state index is 0.00283. The van der Waals surface area contributed by atoms with Gasteiger partial charge in [0.2, 0.25) is 0 Å². The number of aromatic carboxylic acids is 1. The van der Waals surface area contributed by atoms with Crippen LogP contribution in [-0.2, 0) is 0 Å². The Morgan fingerprint density at radius 3 is 2.58 bits per heavy atom. The van der Waals surface area contributed by atoms with Crippen LogP contribution >= 0.6 is 11.6 Å². The van der Waals surface area contributed by atoms with Gasteiger partial charge in [-0.2, -0.15) is 5.10 Å². The first kappa shape index (κ1) is 12.9. The average Bonchev–Trinajstić information content (AvgIpc) is 2.71. The summed E-state index contributed by atoms with van der Waals surface area (Å²) in [5.74, 6) is -1.84. The molecule has 7 nitrogen and oxygen atoms in total. The van der Waals surface area contributed by atoms with Crippen molar-refractivity contribution < 1.29 is 14.7 Å². The molecule has 0 saturated heterocycles. The Morgan fingerprint density at radius 2 is 2.05 bits per heavy atom. The monoisotopic (exact) mass is 280 g/mol. The fraction of sp³-hybridized carbons (Fsp3) is 0. The zero-order valence-electron chi connectivity index (χ0n) is 9.50. The van der Waals surface area contributed by atoms with Gasteiger partial charge in [0.05, 0.1) is 22.5 Å². The fourth-order valence-corrected chi connectivity index (χ4v) is 1.75. The molecule has 1 heterocycles. The first-order chi connectivity index (χ1) is 8.91. The van der Waals surface area contributed by atoms with Gasteiger partial charge in [-0.05, 0) is 18.2 Å². The van der Waals surface area contributed by atoms with Gasteiger partial charge in [-0.15, -0.1) is 0 Å². The van der Waals surface area contributed by atoms with E-state index in [4.69, 9.17) is 28.2 Å². The summed E-state index contributed by atoms with van der Waals surface area (Å²) in [5.41, 5.74) is 11.2. The van der Waals surface area contributed by atoms with E-state index in [-0.39, 0.29) is 27.7 Å². The number of amides is 1. The van der Waals surface area contributed by atoms with Crippen LogP contribution in [0.5, 0.6) is 0 Å². The number of hydrogen-bond acceptors (Lipinski definition) is 4. The average molecular weight is 281 g/mol. The third-order valence-electron chi connectivity index (χ3n) is 2.49. The largest absolute Gasteiger partial charge is 0.478 e. The molecule has 0 saturated carbocycles. The molecular weight excluding hydrogens is 272 g/mol. The third-order valence-corrected chi connectivity index (χ3v) is 2.81. The number of benzene rings is 1. The molecule has 5 N–H and O–H groups in total. The lowest BCUT2D eigenvalue weighted by Crippen LogP contribution is -2.13. The Morgan fingerprint density at radius 1 is 1.37 bits per heavy atom. The van der Waals surface area contributed by atoms with Gasteiger partial charge in [0, 0.05) is 0 Å². The lowest BCUT2D eigenvalue weighted by atomic mass is 10.2. The number of aromatic nitrogens is 2. The van der Waals surface area contributed by atoms with Gasteiger partial charge in [-0.3, -0.25) is 4.79 Å². The maximum Gasteiger partial charge on any atom is 0.335 e. The van der Waals surface area contributed by atoms with Gasteiger partial charge in [-0.1, -0.05) is 11.6 Å². The van der Waals surface area contributed by atoms with Gasteiger partial charge in [0.1, 0.15) is 11.4 Å². The molecule has 0 fully saturated rings. The molecule has 8 heteroatoms.